The first-order valence-corrected chi connectivity index (χ1v) is 10.9. The third-order valence-corrected chi connectivity index (χ3v) is 5.54. The quantitative estimate of drug-likeness (QED) is 0.407. The summed E-state index contributed by atoms with van der Waals surface area (Å²) in [6.45, 7) is 5.43. The van der Waals surface area contributed by atoms with Gasteiger partial charge in [-0.3, -0.25) is 14.2 Å². The minimum Gasteiger partial charge on any atom is -0.368 e. The van der Waals surface area contributed by atoms with Crippen molar-refractivity contribution in [3.05, 3.63) is 81.5 Å². The first-order chi connectivity index (χ1) is 15.8. The lowest BCUT2D eigenvalue weighted by Crippen LogP contribution is -2.28. The second kappa shape index (κ2) is 8.99. The van der Waals surface area contributed by atoms with Gasteiger partial charge in [0.25, 0.3) is 5.56 Å². The van der Waals surface area contributed by atoms with E-state index in [2.05, 4.69) is 15.3 Å². The number of nitrogens with one attached hydrogen (secondary N) is 1. The highest BCUT2D eigenvalue weighted by atomic mass is 35.5. The summed E-state index contributed by atoms with van der Waals surface area (Å²) < 4.78 is 1.51. The average molecular weight is 463 g/mol. The number of rotatable bonds is 6. The van der Waals surface area contributed by atoms with Gasteiger partial charge in [-0.1, -0.05) is 49.7 Å². The minimum absolute atomic E-state index is 0.0312. The molecule has 2 aromatic heterocycles. The van der Waals surface area contributed by atoms with E-state index in [-0.39, 0.29) is 29.0 Å². The molecule has 0 bridgehead atoms. The lowest BCUT2D eigenvalue weighted by molar-refractivity contribution is 0.0939. The Labute approximate surface area is 195 Å². The molecule has 0 aliphatic heterocycles. The molecular weight excluding hydrogens is 440 g/mol. The molecule has 1 atom stereocenters. The monoisotopic (exact) mass is 462 g/mol. The maximum absolute atomic E-state index is 13.6. The van der Waals surface area contributed by atoms with Crippen molar-refractivity contribution in [1.29, 1.82) is 0 Å². The number of carbonyl (C=O) groups is 1. The van der Waals surface area contributed by atoms with E-state index >= 15 is 0 Å². The molecule has 2 aromatic carbocycles. The zero-order chi connectivity index (χ0) is 23.7. The first kappa shape index (κ1) is 22.4. The number of anilines is 2. The van der Waals surface area contributed by atoms with Gasteiger partial charge in [-0.2, -0.15) is 4.98 Å². The highest BCUT2D eigenvalue weighted by molar-refractivity contribution is 6.35. The summed E-state index contributed by atoms with van der Waals surface area (Å²) in [6.07, 6.45) is 1.41. The van der Waals surface area contributed by atoms with E-state index in [1.54, 1.807) is 32.0 Å². The SMILES string of the molecule is CC(C)C(=O)c1cnc(N)nc1N[C@H](C)c1nc2cccc(Cl)c2c(=O)n1-c1ccccc1. The van der Waals surface area contributed by atoms with Gasteiger partial charge in [-0.15, -0.1) is 0 Å². The number of hydrogen-bond donors (Lipinski definition) is 2. The molecule has 8 nitrogen and oxygen atoms in total. The number of para-hydroxylation sites is 1. The van der Waals surface area contributed by atoms with Gasteiger partial charge < -0.3 is 11.1 Å². The van der Waals surface area contributed by atoms with Crippen LogP contribution in [0.5, 0.6) is 0 Å². The molecule has 0 saturated carbocycles. The summed E-state index contributed by atoms with van der Waals surface area (Å²) in [5.41, 5.74) is 6.94. The lowest BCUT2D eigenvalue weighted by Gasteiger charge is -2.21. The Balaban J connectivity index is 1.90. The summed E-state index contributed by atoms with van der Waals surface area (Å²) in [4.78, 5) is 39.2. The van der Waals surface area contributed by atoms with Gasteiger partial charge in [-0.25, -0.2) is 9.97 Å². The smallest absolute Gasteiger partial charge is 0.267 e. The number of nitrogens with two attached hydrogens (primary N) is 1. The molecule has 0 unspecified atom stereocenters. The van der Waals surface area contributed by atoms with Crippen LogP contribution in [0.4, 0.5) is 11.8 Å². The van der Waals surface area contributed by atoms with Gasteiger partial charge in [0.1, 0.15) is 11.6 Å². The van der Waals surface area contributed by atoms with Gasteiger partial charge in [0.05, 0.1) is 33.2 Å². The number of Topliss-reactive ketones (excluding diaryl/α,β-unsaturated/α-hetero) is 1. The van der Waals surface area contributed by atoms with Crippen LogP contribution >= 0.6 is 11.6 Å². The Morgan fingerprint density at radius 2 is 1.79 bits per heavy atom. The zero-order valence-corrected chi connectivity index (χ0v) is 19.2. The lowest BCUT2D eigenvalue weighted by atomic mass is 10.0. The Morgan fingerprint density at radius 3 is 2.48 bits per heavy atom. The van der Waals surface area contributed by atoms with E-state index in [1.165, 1.54) is 10.8 Å². The Hall–Kier alpha value is -3.78. The zero-order valence-electron chi connectivity index (χ0n) is 18.4. The summed E-state index contributed by atoms with van der Waals surface area (Å²) >= 11 is 6.35. The molecule has 0 spiro atoms. The number of ketones is 1. The fourth-order valence-electron chi connectivity index (χ4n) is 3.59. The van der Waals surface area contributed by atoms with E-state index in [0.29, 0.717) is 33.0 Å². The average Bonchev–Trinajstić information content (AvgIpc) is 2.79. The van der Waals surface area contributed by atoms with E-state index in [4.69, 9.17) is 22.3 Å². The predicted molar refractivity (Wildman–Crippen MR) is 130 cm³/mol. The van der Waals surface area contributed by atoms with Crippen LogP contribution in [0.15, 0.2) is 59.5 Å². The standard InChI is InChI=1S/C24H23ClN6O2/c1-13(2)20(32)16-12-27-24(26)30-21(16)28-14(3)22-29-18-11-7-10-17(25)19(18)23(33)31(22)15-8-5-4-6-9-15/h4-14H,1-3H3,(H3,26,27,28,30)/t14-/m1/s1. The molecule has 0 fully saturated rings. The summed E-state index contributed by atoms with van der Waals surface area (Å²) in [5.74, 6) is 0.374. The van der Waals surface area contributed by atoms with Crippen LogP contribution in [0.25, 0.3) is 16.6 Å². The van der Waals surface area contributed by atoms with Crippen LogP contribution in [0.2, 0.25) is 5.02 Å². The largest absolute Gasteiger partial charge is 0.368 e. The summed E-state index contributed by atoms with van der Waals surface area (Å²) in [7, 11) is 0. The molecule has 33 heavy (non-hydrogen) atoms. The minimum atomic E-state index is -0.519. The highest BCUT2D eigenvalue weighted by Gasteiger charge is 2.23. The second-order valence-corrected chi connectivity index (χ2v) is 8.36. The Kier molecular flexibility index (Phi) is 6.11. The third-order valence-electron chi connectivity index (χ3n) is 5.22. The van der Waals surface area contributed by atoms with Crippen LogP contribution in [0.1, 0.15) is 43.0 Å². The second-order valence-electron chi connectivity index (χ2n) is 7.96. The molecule has 4 rings (SSSR count). The van der Waals surface area contributed by atoms with Gasteiger partial charge in [0, 0.05) is 12.1 Å². The number of nitrogens with zero attached hydrogens (tertiary/aromatic N) is 4. The van der Waals surface area contributed by atoms with Crippen molar-refractivity contribution >= 4 is 40.1 Å². The van der Waals surface area contributed by atoms with E-state index in [1.807, 2.05) is 37.3 Å². The predicted octanol–water partition coefficient (Wildman–Crippen LogP) is 4.42. The van der Waals surface area contributed by atoms with Crippen molar-refractivity contribution < 1.29 is 4.79 Å². The van der Waals surface area contributed by atoms with E-state index in [9.17, 15) is 9.59 Å². The molecule has 168 valence electrons. The topological polar surface area (TPSA) is 116 Å². The van der Waals surface area contributed by atoms with E-state index in [0.717, 1.165) is 0 Å². The summed E-state index contributed by atoms with van der Waals surface area (Å²) in [6, 6.07) is 13.8. The highest BCUT2D eigenvalue weighted by Crippen LogP contribution is 2.26. The number of nitrogen functional groups attached to an aromatic ring is 1. The van der Waals surface area contributed by atoms with Gasteiger partial charge in [-0.05, 0) is 31.2 Å². The Morgan fingerprint density at radius 1 is 1.06 bits per heavy atom. The van der Waals surface area contributed by atoms with Crippen LogP contribution in [0.3, 0.4) is 0 Å². The Bertz CT molecular complexity index is 1400. The number of carbonyl (C=O) groups excluding carboxylic acids is 1. The fourth-order valence-corrected chi connectivity index (χ4v) is 3.84. The molecule has 0 saturated heterocycles. The number of aromatic nitrogens is 4. The molecule has 0 aliphatic carbocycles. The van der Waals surface area contributed by atoms with E-state index < -0.39 is 6.04 Å². The van der Waals surface area contributed by atoms with Crippen LogP contribution in [-0.4, -0.2) is 25.3 Å². The fraction of sp³-hybridized carbons (Fsp3) is 0.208. The first-order valence-electron chi connectivity index (χ1n) is 10.5. The molecule has 4 aromatic rings. The molecule has 2 heterocycles. The van der Waals surface area contributed by atoms with Crippen molar-refractivity contribution in [1.82, 2.24) is 19.5 Å². The van der Waals surface area contributed by atoms with Crippen molar-refractivity contribution in [3.63, 3.8) is 0 Å². The molecule has 9 heteroatoms. The van der Waals surface area contributed by atoms with Crippen molar-refractivity contribution in [2.45, 2.75) is 26.8 Å². The van der Waals surface area contributed by atoms with Gasteiger partial charge >= 0.3 is 0 Å². The van der Waals surface area contributed by atoms with Crippen molar-refractivity contribution in [2.24, 2.45) is 5.92 Å². The maximum atomic E-state index is 13.6. The van der Waals surface area contributed by atoms with Crippen LogP contribution in [-0.2, 0) is 0 Å². The number of halogens is 1. The molecular formula is C24H23ClN6O2. The van der Waals surface area contributed by atoms with Gasteiger partial charge in [0.15, 0.2) is 5.78 Å². The molecule has 0 radical (unpaired) electrons. The van der Waals surface area contributed by atoms with Crippen molar-refractivity contribution in [2.75, 3.05) is 11.1 Å². The number of benzene rings is 2. The number of fused-ring (bicyclic) bond motifs is 1. The van der Waals surface area contributed by atoms with Gasteiger partial charge in [0.2, 0.25) is 5.95 Å². The summed E-state index contributed by atoms with van der Waals surface area (Å²) in [5, 5.41) is 3.88. The van der Waals surface area contributed by atoms with Crippen LogP contribution in [0, 0.1) is 5.92 Å². The maximum Gasteiger partial charge on any atom is 0.267 e. The van der Waals surface area contributed by atoms with Crippen LogP contribution < -0.4 is 16.6 Å². The number of hydrogen-bond acceptors (Lipinski definition) is 7. The molecule has 0 amide bonds. The molecule has 0 aliphatic rings. The molecule has 3 N–H and O–H groups in total. The normalized spacial score (nSPS) is 12.2. The third kappa shape index (κ3) is 4.29. The van der Waals surface area contributed by atoms with Crippen molar-refractivity contribution in [3.8, 4) is 5.69 Å².